The van der Waals surface area contributed by atoms with Crippen molar-refractivity contribution in [2.45, 2.75) is 6.92 Å². The molecule has 6 heteroatoms. The second-order valence-corrected chi connectivity index (χ2v) is 5.56. The number of benzene rings is 1. The van der Waals surface area contributed by atoms with Crippen molar-refractivity contribution in [1.82, 2.24) is 9.55 Å². The molecule has 2 heterocycles. The van der Waals surface area contributed by atoms with Gasteiger partial charge in [0.25, 0.3) is 11.5 Å². The minimum atomic E-state index is -0.557. The molecule has 0 aliphatic heterocycles. The predicted octanol–water partition coefficient (Wildman–Crippen LogP) is 1.85. The molecule has 20 heavy (non-hydrogen) atoms. The van der Waals surface area contributed by atoms with E-state index in [-0.39, 0.29) is 5.56 Å². The third-order valence-electron chi connectivity index (χ3n) is 3.06. The fraction of sp³-hybridized carbons (Fsp3) is 0.0714. The largest absolute Gasteiger partial charge is 0.365 e. The first-order chi connectivity index (χ1) is 9.59. The minimum Gasteiger partial charge on any atom is -0.365 e. The van der Waals surface area contributed by atoms with Gasteiger partial charge in [0.15, 0.2) is 0 Å². The lowest BCUT2D eigenvalue weighted by Gasteiger charge is -2.04. The Bertz CT molecular complexity index is 865. The fourth-order valence-corrected chi connectivity index (χ4v) is 3.18. The molecule has 3 aromatic rings. The summed E-state index contributed by atoms with van der Waals surface area (Å²) in [5.41, 5.74) is 6.61. The summed E-state index contributed by atoms with van der Waals surface area (Å²) in [6.07, 6.45) is 1.43. The molecular formula is C14H11N3O2S. The van der Waals surface area contributed by atoms with Gasteiger partial charge in [-0.3, -0.25) is 14.2 Å². The van der Waals surface area contributed by atoms with Crippen molar-refractivity contribution in [2.24, 2.45) is 5.73 Å². The Hall–Kier alpha value is -2.47. The maximum Gasteiger partial charge on any atom is 0.275 e. The molecule has 0 aliphatic rings. The number of para-hydroxylation sites is 1. The highest BCUT2D eigenvalue weighted by Crippen LogP contribution is 2.26. The standard InChI is InChI=1S/C14H11N3O2S/c1-8-10(13(15)18)11-12(20-8)14(19)17(7-16-11)9-5-3-2-4-6-9/h2-7H,1H3,(H2,15,18). The molecular weight excluding hydrogens is 274 g/mol. The Kier molecular flexibility index (Phi) is 2.87. The Morgan fingerprint density at radius 3 is 2.65 bits per heavy atom. The molecule has 5 nitrogen and oxygen atoms in total. The van der Waals surface area contributed by atoms with E-state index in [0.29, 0.717) is 20.7 Å². The van der Waals surface area contributed by atoms with Crippen LogP contribution in [0.1, 0.15) is 15.2 Å². The highest BCUT2D eigenvalue weighted by molar-refractivity contribution is 7.19. The molecule has 2 N–H and O–H groups in total. The minimum absolute atomic E-state index is 0.193. The lowest BCUT2D eigenvalue weighted by atomic mass is 10.2. The summed E-state index contributed by atoms with van der Waals surface area (Å²) in [5, 5.41) is 0. The molecule has 3 rings (SSSR count). The lowest BCUT2D eigenvalue weighted by molar-refractivity contribution is 0.100. The molecule has 0 spiro atoms. The van der Waals surface area contributed by atoms with Crippen molar-refractivity contribution < 1.29 is 4.79 Å². The molecule has 1 amide bonds. The first kappa shape index (κ1) is 12.6. The van der Waals surface area contributed by atoms with E-state index in [1.165, 1.54) is 22.2 Å². The number of thiophene rings is 1. The number of aromatic nitrogens is 2. The van der Waals surface area contributed by atoms with E-state index >= 15 is 0 Å². The molecule has 0 atom stereocenters. The van der Waals surface area contributed by atoms with E-state index in [4.69, 9.17) is 5.73 Å². The van der Waals surface area contributed by atoms with Gasteiger partial charge in [-0.2, -0.15) is 0 Å². The number of nitrogens with two attached hydrogens (primary N) is 1. The highest BCUT2D eigenvalue weighted by Gasteiger charge is 2.18. The van der Waals surface area contributed by atoms with Crippen molar-refractivity contribution in [2.75, 3.05) is 0 Å². The van der Waals surface area contributed by atoms with Crippen LogP contribution in [0.5, 0.6) is 0 Å². The van der Waals surface area contributed by atoms with Crippen LogP contribution in [-0.4, -0.2) is 15.5 Å². The zero-order valence-electron chi connectivity index (χ0n) is 10.7. The first-order valence-corrected chi connectivity index (χ1v) is 6.77. The van der Waals surface area contributed by atoms with Crippen LogP contribution in [-0.2, 0) is 0 Å². The van der Waals surface area contributed by atoms with E-state index in [2.05, 4.69) is 4.98 Å². The SMILES string of the molecule is Cc1sc2c(=O)n(-c3ccccc3)cnc2c1C(N)=O. The normalized spacial score (nSPS) is 10.8. The Balaban J connectivity index is 2.33. The molecule has 1 aromatic carbocycles. The second-order valence-electron chi connectivity index (χ2n) is 4.33. The van der Waals surface area contributed by atoms with Crippen molar-refractivity contribution in [1.29, 1.82) is 0 Å². The Labute approximate surface area is 118 Å². The van der Waals surface area contributed by atoms with Crippen LogP contribution in [0.3, 0.4) is 0 Å². The number of fused-ring (bicyclic) bond motifs is 1. The summed E-state index contributed by atoms with van der Waals surface area (Å²) < 4.78 is 1.91. The molecule has 0 aliphatic carbocycles. The van der Waals surface area contributed by atoms with E-state index in [1.807, 2.05) is 30.3 Å². The van der Waals surface area contributed by atoms with Crippen LogP contribution in [0.4, 0.5) is 0 Å². The van der Waals surface area contributed by atoms with Gasteiger partial charge in [0.1, 0.15) is 16.5 Å². The van der Waals surface area contributed by atoms with Gasteiger partial charge in [0.2, 0.25) is 0 Å². The summed E-state index contributed by atoms with van der Waals surface area (Å²) >= 11 is 1.25. The van der Waals surface area contributed by atoms with E-state index in [0.717, 1.165) is 5.69 Å². The molecule has 0 saturated carbocycles. The van der Waals surface area contributed by atoms with Crippen LogP contribution in [0.2, 0.25) is 0 Å². The summed E-state index contributed by atoms with van der Waals surface area (Å²) in [6, 6.07) is 9.22. The van der Waals surface area contributed by atoms with Crippen LogP contribution < -0.4 is 11.3 Å². The van der Waals surface area contributed by atoms with Crippen LogP contribution in [0.15, 0.2) is 41.5 Å². The van der Waals surface area contributed by atoms with Gasteiger partial charge in [-0.25, -0.2) is 4.98 Å². The number of hydrogen-bond donors (Lipinski definition) is 1. The first-order valence-electron chi connectivity index (χ1n) is 5.95. The predicted molar refractivity (Wildman–Crippen MR) is 78.5 cm³/mol. The average molecular weight is 285 g/mol. The third kappa shape index (κ3) is 1.81. The number of amides is 1. The molecule has 100 valence electrons. The highest BCUT2D eigenvalue weighted by atomic mass is 32.1. The maximum atomic E-state index is 12.5. The summed E-state index contributed by atoms with van der Waals surface area (Å²) in [5.74, 6) is -0.557. The fourth-order valence-electron chi connectivity index (χ4n) is 2.14. The average Bonchev–Trinajstić information content (AvgIpc) is 2.77. The van der Waals surface area contributed by atoms with Gasteiger partial charge in [-0.1, -0.05) is 18.2 Å². The van der Waals surface area contributed by atoms with Crippen molar-refractivity contribution in [3.8, 4) is 5.69 Å². The zero-order chi connectivity index (χ0) is 14.3. The van der Waals surface area contributed by atoms with Crippen LogP contribution in [0, 0.1) is 6.92 Å². The van der Waals surface area contributed by atoms with Gasteiger partial charge < -0.3 is 5.73 Å². The summed E-state index contributed by atoms with van der Waals surface area (Å²) in [4.78, 5) is 28.9. The number of hydrogen-bond acceptors (Lipinski definition) is 4. The topological polar surface area (TPSA) is 78.0 Å². The Morgan fingerprint density at radius 1 is 1.30 bits per heavy atom. The van der Waals surface area contributed by atoms with Crippen LogP contribution in [0.25, 0.3) is 15.9 Å². The van der Waals surface area contributed by atoms with Gasteiger partial charge >= 0.3 is 0 Å². The zero-order valence-corrected chi connectivity index (χ0v) is 11.5. The van der Waals surface area contributed by atoms with E-state index in [1.54, 1.807) is 6.92 Å². The molecule has 0 bridgehead atoms. The molecule has 2 aromatic heterocycles. The van der Waals surface area contributed by atoms with Gasteiger partial charge in [0, 0.05) is 4.88 Å². The summed E-state index contributed by atoms with van der Waals surface area (Å²) in [7, 11) is 0. The maximum absolute atomic E-state index is 12.5. The third-order valence-corrected chi connectivity index (χ3v) is 4.14. The van der Waals surface area contributed by atoms with Gasteiger partial charge in [-0.15, -0.1) is 11.3 Å². The summed E-state index contributed by atoms with van der Waals surface area (Å²) in [6.45, 7) is 1.76. The molecule has 0 fully saturated rings. The van der Waals surface area contributed by atoms with Gasteiger partial charge in [0.05, 0.1) is 11.3 Å². The number of nitrogens with zero attached hydrogens (tertiary/aromatic N) is 2. The smallest absolute Gasteiger partial charge is 0.275 e. The quantitative estimate of drug-likeness (QED) is 0.780. The van der Waals surface area contributed by atoms with Crippen LogP contribution >= 0.6 is 11.3 Å². The lowest BCUT2D eigenvalue weighted by Crippen LogP contribution is -2.18. The van der Waals surface area contributed by atoms with Crippen molar-refractivity contribution in [3.63, 3.8) is 0 Å². The Morgan fingerprint density at radius 2 is 2.00 bits per heavy atom. The molecule has 0 saturated heterocycles. The van der Waals surface area contributed by atoms with Crippen molar-refractivity contribution in [3.05, 3.63) is 57.5 Å². The van der Waals surface area contributed by atoms with Gasteiger partial charge in [-0.05, 0) is 19.1 Å². The van der Waals surface area contributed by atoms with E-state index < -0.39 is 5.91 Å². The monoisotopic (exact) mass is 285 g/mol. The number of rotatable bonds is 2. The number of aryl methyl sites for hydroxylation is 1. The number of carbonyl (C=O) groups is 1. The number of carbonyl (C=O) groups excluding carboxylic acids is 1. The number of primary amides is 1. The molecule has 0 radical (unpaired) electrons. The molecule has 0 unspecified atom stereocenters. The second kappa shape index (κ2) is 4.57. The van der Waals surface area contributed by atoms with Crippen molar-refractivity contribution >= 4 is 27.5 Å². The van der Waals surface area contributed by atoms with E-state index in [9.17, 15) is 9.59 Å².